The summed E-state index contributed by atoms with van der Waals surface area (Å²) in [5.74, 6) is -0.902. The number of amides is 1. The van der Waals surface area contributed by atoms with Gasteiger partial charge < -0.3 is 9.64 Å². The standard InChI is InChI=1S/C26H33BrClNO3/c1-25(2,19-29(4)24(31)32-18-20-10-6-5-7-11-20)14-9-15-26(3,23(30)17-28)21-12-8-13-22(27)16-21/h5-8,10-13,16H,9,14-15,17-19H2,1-4H3/i3D3. The number of hydrogen-bond donors (Lipinski definition) is 0. The van der Waals surface area contributed by atoms with E-state index >= 15 is 0 Å². The number of benzene rings is 2. The number of carbonyl (C=O) groups excluding carboxylic acids is 2. The zero-order valence-electron chi connectivity index (χ0n) is 21.9. The van der Waals surface area contributed by atoms with Crippen LogP contribution in [0.25, 0.3) is 0 Å². The molecular weight excluding hydrogens is 490 g/mol. The van der Waals surface area contributed by atoms with E-state index in [-0.39, 0.29) is 24.3 Å². The van der Waals surface area contributed by atoms with Crippen molar-refractivity contribution in [2.45, 2.75) is 52.0 Å². The second kappa shape index (κ2) is 11.9. The van der Waals surface area contributed by atoms with Gasteiger partial charge in [0.2, 0.25) is 0 Å². The molecule has 2 aromatic carbocycles. The maximum atomic E-state index is 13.0. The Morgan fingerprint density at radius 1 is 1.12 bits per heavy atom. The molecule has 2 rings (SSSR count). The Morgan fingerprint density at radius 2 is 1.84 bits per heavy atom. The van der Waals surface area contributed by atoms with E-state index in [1.807, 2.05) is 44.2 Å². The second-order valence-electron chi connectivity index (χ2n) is 8.89. The van der Waals surface area contributed by atoms with Gasteiger partial charge in [0, 0.05) is 22.2 Å². The molecule has 0 spiro atoms. The molecule has 6 heteroatoms. The maximum absolute atomic E-state index is 13.0. The van der Waals surface area contributed by atoms with Gasteiger partial charge >= 0.3 is 6.09 Å². The van der Waals surface area contributed by atoms with Gasteiger partial charge in [0.25, 0.3) is 0 Å². The summed E-state index contributed by atoms with van der Waals surface area (Å²) < 4.78 is 30.9. The fraction of sp³-hybridized carbons (Fsp3) is 0.462. The van der Waals surface area contributed by atoms with Crippen molar-refractivity contribution < 1.29 is 18.4 Å². The molecule has 0 saturated heterocycles. The highest BCUT2D eigenvalue weighted by molar-refractivity contribution is 9.10. The van der Waals surface area contributed by atoms with Gasteiger partial charge in [-0.2, -0.15) is 0 Å². The number of rotatable bonds is 11. The monoisotopic (exact) mass is 524 g/mol. The van der Waals surface area contributed by atoms with Gasteiger partial charge in [-0.15, -0.1) is 11.6 Å². The van der Waals surface area contributed by atoms with Crippen LogP contribution in [0.2, 0.25) is 0 Å². The molecule has 32 heavy (non-hydrogen) atoms. The molecule has 1 amide bonds. The van der Waals surface area contributed by atoms with E-state index < -0.39 is 24.1 Å². The third-order valence-corrected chi connectivity index (χ3v) is 6.24. The molecule has 1 unspecified atom stereocenters. The van der Waals surface area contributed by atoms with E-state index in [1.165, 1.54) is 4.90 Å². The van der Waals surface area contributed by atoms with Gasteiger partial charge in [0.1, 0.15) is 6.61 Å². The largest absolute Gasteiger partial charge is 0.445 e. The van der Waals surface area contributed by atoms with Crippen LogP contribution in [0, 0.1) is 5.41 Å². The molecule has 1 atom stereocenters. The fourth-order valence-electron chi connectivity index (χ4n) is 3.76. The third kappa shape index (κ3) is 7.63. The molecule has 0 bridgehead atoms. The van der Waals surface area contributed by atoms with Crippen molar-refractivity contribution in [3.8, 4) is 0 Å². The smallest absolute Gasteiger partial charge is 0.409 e. The Kier molecular flexibility index (Phi) is 8.14. The first-order valence-corrected chi connectivity index (χ1v) is 11.9. The summed E-state index contributed by atoms with van der Waals surface area (Å²) in [6.07, 6.45) is 0.764. The summed E-state index contributed by atoms with van der Waals surface area (Å²) in [7, 11) is 1.68. The zero-order valence-corrected chi connectivity index (χ0v) is 21.2. The summed E-state index contributed by atoms with van der Waals surface area (Å²) in [6.45, 7) is 2.06. The molecule has 2 aromatic rings. The highest BCUT2D eigenvalue weighted by atomic mass is 79.9. The van der Waals surface area contributed by atoms with Crippen LogP contribution < -0.4 is 0 Å². The van der Waals surface area contributed by atoms with Crippen molar-refractivity contribution >= 4 is 39.4 Å². The molecule has 0 fully saturated rings. The minimum atomic E-state index is -2.57. The molecule has 0 aliphatic carbocycles. The van der Waals surface area contributed by atoms with Crippen molar-refractivity contribution in [2.24, 2.45) is 5.41 Å². The number of hydrogen-bond acceptors (Lipinski definition) is 3. The summed E-state index contributed by atoms with van der Waals surface area (Å²) in [4.78, 5) is 27.0. The number of Topliss-reactive ketones (excluding diaryl/α,β-unsaturated/α-hetero) is 1. The lowest BCUT2D eigenvalue weighted by Crippen LogP contribution is -2.37. The van der Waals surface area contributed by atoms with Crippen LogP contribution >= 0.6 is 27.5 Å². The fourth-order valence-corrected chi connectivity index (χ4v) is 4.39. The minimum absolute atomic E-state index is 0.122. The molecule has 0 saturated carbocycles. The lowest BCUT2D eigenvalue weighted by molar-refractivity contribution is -0.121. The summed E-state index contributed by atoms with van der Waals surface area (Å²) in [5, 5.41) is 0. The van der Waals surface area contributed by atoms with Crippen LogP contribution in [-0.2, 0) is 21.6 Å². The Bertz CT molecular complexity index is 1000. The van der Waals surface area contributed by atoms with Crippen LogP contribution in [0.5, 0.6) is 0 Å². The summed E-state index contributed by atoms with van der Waals surface area (Å²) in [5.41, 5.74) is -0.694. The third-order valence-electron chi connectivity index (χ3n) is 5.50. The average Bonchev–Trinajstić information content (AvgIpc) is 2.79. The van der Waals surface area contributed by atoms with Crippen molar-refractivity contribution in [3.05, 3.63) is 70.2 Å². The van der Waals surface area contributed by atoms with Gasteiger partial charge in [-0.25, -0.2) is 4.79 Å². The van der Waals surface area contributed by atoms with E-state index in [2.05, 4.69) is 15.9 Å². The van der Waals surface area contributed by atoms with Gasteiger partial charge in [0.05, 0.1) is 11.3 Å². The number of ketones is 1. The molecular formula is C26H33BrClNO3. The minimum Gasteiger partial charge on any atom is -0.445 e. The Balaban J connectivity index is 2.08. The first-order valence-electron chi connectivity index (χ1n) is 12.1. The van der Waals surface area contributed by atoms with Gasteiger partial charge in [-0.05, 0) is 48.4 Å². The first-order chi connectivity index (χ1) is 16.3. The van der Waals surface area contributed by atoms with E-state index in [4.69, 9.17) is 20.5 Å². The quantitative estimate of drug-likeness (QED) is 0.297. The van der Waals surface area contributed by atoms with Crippen LogP contribution in [0.4, 0.5) is 4.79 Å². The molecule has 0 aliphatic heterocycles. The molecule has 0 heterocycles. The Morgan fingerprint density at radius 3 is 2.47 bits per heavy atom. The van der Waals surface area contributed by atoms with Crippen molar-refractivity contribution in [3.63, 3.8) is 0 Å². The van der Waals surface area contributed by atoms with Crippen LogP contribution in [-0.4, -0.2) is 36.2 Å². The molecule has 174 valence electrons. The SMILES string of the molecule is [2H]C([2H])([2H])C(CCCC(C)(C)CN(C)C(=O)OCc1ccccc1)(C(=O)CCl)c1cccc(Br)c1. The predicted octanol–water partition coefficient (Wildman–Crippen LogP) is 6.98. The molecule has 0 aliphatic rings. The van der Waals surface area contributed by atoms with E-state index in [9.17, 15) is 9.59 Å². The van der Waals surface area contributed by atoms with E-state index in [1.54, 1.807) is 31.3 Å². The predicted molar refractivity (Wildman–Crippen MR) is 134 cm³/mol. The number of alkyl halides is 1. The summed E-state index contributed by atoms with van der Waals surface area (Å²) in [6, 6.07) is 16.3. The molecule has 0 aromatic heterocycles. The lowest BCUT2D eigenvalue weighted by Gasteiger charge is -2.33. The average molecular weight is 526 g/mol. The van der Waals surface area contributed by atoms with Crippen LogP contribution in [0.1, 0.15) is 55.2 Å². The topological polar surface area (TPSA) is 46.6 Å². The number of nitrogens with zero attached hydrogens (tertiary/aromatic N) is 1. The van der Waals surface area contributed by atoms with E-state index in [0.29, 0.717) is 29.4 Å². The Labute approximate surface area is 209 Å². The molecule has 0 N–H and O–H groups in total. The lowest BCUT2D eigenvalue weighted by atomic mass is 9.73. The van der Waals surface area contributed by atoms with Gasteiger partial charge in [-0.1, -0.05) is 78.7 Å². The second-order valence-corrected chi connectivity index (χ2v) is 10.1. The van der Waals surface area contributed by atoms with Gasteiger partial charge in [0.15, 0.2) is 5.78 Å². The zero-order chi connectivity index (χ0) is 26.3. The maximum Gasteiger partial charge on any atom is 0.409 e. The van der Waals surface area contributed by atoms with Crippen molar-refractivity contribution in [1.29, 1.82) is 0 Å². The number of halogens is 2. The van der Waals surface area contributed by atoms with Gasteiger partial charge in [-0.3, -0.25) is 4.79 Å². The molecule has 4 nitrogen and oxygen atoms in total. The van der Waals surface area contributed by atoms with Crippen LogP contribution in [0.3, 0.4) is 0 Å². The highest BCUT2D eigenvalue weighted by Crippen LogP contribution is 2.35. The number of ether oxygens (including phenoxy) is 1. The first kappa shape index (κ1) is 22.0. The van der Waals surface area contributed by atoms with Crippen molar-refractivity contribution in [1.82, 2.24) is 4.90 Å². The normalized spacial score (nSPS) is 15.1. The Hall–Kier alpha value is -1.85. The van der Waals surface area contributed by atoms with Crippen molar-refractivity contribution in [2.75, 3.05) is 19.5 Å². The highest BCUT2D eigenvalue weighted by Gasteiger charge is 2.35. The molecule has 0 radical (unpaired) electrons. The number of carbonyl (C=O) groups is 2. The summed E-state index contributed by atoms with van der Waals surface area (Å²) >= 11 is 9.29. The van der Waals surface area contributed by atoms with Crippen LogP contribution in [0.15, 0.2) is 59.1 Å². The van der Waals surface area contributed by atoms with E-state index in [0.717, 1.165) is 5.56 Å².